The molecule has 0 N–H and O–H groups in total. The van der Waals surface area contributed by atoms with E-state index in [2.05, 4.69) is 15.9 Å². The number of hydrogen-bond donors (Lipinski definition) is 0. The zero-order chi connectivity index (χ0) is 17.0. The highest BCUT2D eigenvalue weighted by Crippen LogP contribution is 2.26. The summed E-state index contributed by atoms with van der Waals surface area (Å²) in [6.45, 7) is 3.69. The van der Waals surface area contributed by atoms with Gasteiger partial charge in [0, 0.05) is 10.4 Å². The molecule has 124 valence electrons. The maximum absolute atomic E-state index is 12.3. The van der Waals surface area contributed by atoms with Crippen LogP contribution in [0.25, 0.3) is 0 Å². The van der Waals surface area contributed by atoms with Gasteiger partial charge in [0.25, 0.3) is 10.1 Å². The van der Waals surface area contributed by atoms with Crippen molar-refractivity contribution in [2.75, 3.05) is 7.11 Å². The minimum absolute atomic E-state index is 0.0777. The fourth-order valence-electron chi connectivity index (χ4n) is 2.12. The van der Waals surface area contributed by atoms with Crippen molar-refractivity contribution in [2.45, 2.75) is 30.8 Å². The summed E-state index contributed by atoms with van der Waals surface area (Å²) in [4.78, 5) is 0.148. The van der Waals surface area contributed by atoms with Crippen LogP contribution in [-0.2, 0) is 14.3 Å². The molecule has 0 radical (unpaired) electrons. The summed E-state index contributed by atoms with van der Waals surface area (Å²) in [5, 5.41) is 0. The summed E-state index contributed by atoms with van der Waals surface area (Å²) in [5.74, 6) is 0.683. The van der Waals surface area contributed by atoms with Gasteiger partial charge < -0.3 is 4.74 Å². The first-order valence-corrected chi connectivity index (χ1v) is 9.36. The molecule has 0 aliphatic heterocycles. The van der Waals surface area contributed by atoms with Gasteiger partial charge in [0.05, 0.1) is 18.1 Å². The van der Waals surface area contributed by atoms with Crippen LogP contribution < -0.4 is 4.74 Å². The van der Waals surface area contributed by atoms with Gasteiger partial charge in [0.1, 0.15) is 5.75 Å². The maximum atomic E-state index is 12.3. The predicted octanol–water partition coefficient (Wildman–Crippen LogP) is 4.36. The van der Waals surface area contributed by atoms with Crippen molar-refractivity contribution in [3.8, 4) is 5.75 Å². The molecule has 2 aromatic rings. The highest BCUT2D eigenvalue weighted by atomic mass is 79.9. The highest BCUT2D eigenvalue weighted by molar-refractivity contribution is 9.10. The van der Waals surface area contributed by atoms with Crippen LogP contribution in [0.2, 0.25) is 0 Å². The molecule has 23 heavy (non-hydrogen) atoms. The first-order chi connectivity index (χ1) is 10.8. The minimum atomic E-state index is -3.79. The van der Waals surface area contributed by atoms with Crippen LogP contribution >= 0.6 is 15.9 Å². The Morgan fingerprint density at radius 1 is 0.957 bits per heavy atom. The monoisotopic (exact) mass is 398 g/mol. The number of ether oxygens (including phenoxy) is 1. The normalized spacial score (nSPS) is 14.3. The lowest BCUT2D eigenvalue weighted by molar-refractivity contribution is 0.202. The summed E-state index contributed by atoms with van der Waals surface area (Å²) in [5.41, 5.74) is 0.990. The Morgan fingerprint density at radius 3 is 2.04 bits per heavy atom. The van der Waals surface area contributed by atoms with Crippen LogP contribution in [0.1, 0.15) is 25.3 Å². The van der Waals surface area contributed by atoms with E-state index in [-0.39, 0.29) is 10.8 Å². The lowest BCUT2D eigenvalue weighted by Gasteiger charge is -2.20. The number of benzene rings is 2. The molecule has 2 aromatic carbocycles. The maximum Gasteiger partial charge on any atom is 0.297 e. The Morgan fingerprint density at radius 2 is 1.52 bits per heavy atom. The molecule has 0 saturated heterocycles. The molecule has 0 saturated carbocycles. The van der Waals surface area contributed by atoms with Crippen LogP contribution in [0.4, 0.5) is 0 Å². The van der Waals surface area contributed by atoms with E-state index in [1.807, 2.05) is 31.2 Å². The van der Waals surface area contributed by atoms with Gasteiger partial charge in [0.2, 0.25) is 0 Å². The second-order valence-electron chi connectivity index (χ2n) is 5.27. The number of hydrogen-bond acceptors (Lipinski definition) is 4. The molecule has 6 heteroatoms. The van der Waals surface area contributed by atoms with E-state index in [4.69, 9.17) is 8.92 Å². The SMILES string of the molecule is COc1ccc([C@H](C)[C@@H](C)OS(=O)(=O)c2ccc(Br)cc2)cc1. The van der Waals surface area contributed by atoms with Gasteiger partial charge in [-0.1, -0.05) is 35.0 Å². The van der Waals surface area contributed by atoms with Crippen molar-refractivity contribution in [3.05, 3.63) is 58.6 Å². The smallest absolute Gasteiger partial charge is 0.297 e. The Balaban J connectivity index is 2.12. The standard InChI is InChI=1S/C17H19BrO4S/c1-12(14-4-8-16(21-3)9-5-14)13(2)22-23(19,20)17-10-6-15(18)7-11-17/h4-13H,1-3H3/t12-,13-/m1/s1. The molecule has 0 spiro atoms. The van der Waals surface area contributed by atoms with E-state index in [1.54, 1.807) is 26.2 Å². The highest BCUT2D eigenvalue weighted by Gasteiger charge is 2.23. The number of halogens is 1. The van der Waals surface area contributed by atoms with Gasteiger partial charge in [-0.05, 0) is 48.9 Å². The van der Waals surface area contributed by atoms with Crippen molar-refractivity contribution in [2.24, 2.45) is 0 Å². The Kier molecular flexibility index (Phi) is 5.84. The molecule has 4 nitrogen and oxygen atoms in total. The summed E-state index contributed by atoms with van der Waals surface area (Å²) in [6.07, 6.45) is -0.489. The largest absolute Gasteiger partial charge is 0.497 e. The Hall–Kier alpha value is -1.37. The molecule has 0 heterocycles. The molecule has 0 unspecified atom stereocenters. The topological polar surface area (TPSA) is 52.6 Å². The summed E-state index contributed by atoms with van der Waals surface area (Å²) >= 11 is 3.28. The summed E-state index contributed by atoms with van der Waals surface area (Å²) < 4.78 is 36.0. The molecule has 0 fully saturated rings. The van der Waals surface area contributed by atoms with E-state index < -0.39 is 16.2 Å². The molecular weight excluding hydrogens is 380 g/mol. The molecule has 0 bridgehead atoms. The Bertz CT molecular complexity index is 739. The quantitative estimate of drug-likeness (QED) is 0.678. The second-order valence-corrected chi connectivity index (χ2v) is 7.76. The minimum Gasteiger partial charge on any atom is -0.497 e. The fraction of sp³-hybridized carbons (Fsp3) is 0.294. The van der Waals surface area contributed by atoms with E-state index >= 15 is 0 Å². The third-order valence-corrected chi connectivity index (χ3v) is 5.66. The fourth-order valence-corrected chi connectivity index (χ4v) is 3.53. The van der Waals surface area contributed by atoms with Crippen molar-refractivity contribution in [1.82, 2.24) is 0 Å². The van der Waals surface area contributed by atoms with Gasteiger partial charge in [-0.2, -0.15) is 8.42 Å². The van der Waals surface area contributed by atoms with Gasteiger partial charge >= 0.3 is 0 Å². The molecule has 0 aliphatic rings. The van der Waals surface area contributed by atoms with Crippen LogP contribution in [-0.4, -0.2) is 21.6 Å². The van der Waals surface area contributed by atoms with Gasteiger partial charge in [-0.25, -0.2) is 0 Å². The summed E-state index contributed by atoms with van der Waals surface area (Å²) in [7, 11) is -2.18. The van der Waals surface area contributed by atoms with Crippen molar-refractivity contribution in [1.29, 1.82) is 0 Å². The molecule has 2 atom stereocenters. The molecule has 0 aromatic heterocycles. The lowest BCUT2D eigenvalue weighted by atomic mass is 9.96. The van der Waals surface area contributed by atoms with Crippen LogP contribution in [0.15, 0.2) is 57.9 Å². The Labute approximate surface area is 145 Å². The average molecular weight is 399 g/mol. The molecular formula is C17H19BrO4S. The van der Waals surface area contributed by atoms with Crippen LogP contribution in [0.3, 0.4) is 0 Å². The van der Waals surface area contributed by atoms with E-state index in [9.17, 15) is 8.42 Å². The van der Waals surface area contributed by atoms with Gasteiger partial charge in [-0.3, -0.25) is 4.18 Å². The third-order valence-electron chi connectivity index (χ3n) is 3.73. The average Bonchev–Trinajstić information content (AvgIpc) is 2.54. The van der Waals surface area contributed by atoms with Crippen molar-refractivity contribution < 1.29 is 17.3 Å². The van der Waals surface area contributed by atoms with Crippen LogP contribution in [0.5, 0.6) is 5.75 Å². The zero-order valence-electron chi connectivity index (χ0n) is 13.2. The third kappa shape index (κ3) is 4.56. The first kappa shape index (κ1) is 18.0. The van der Waals surface area contributed by atoms with Crippen molar-refractivity contribution in [3.63, 3.8) is 0 Å². The van der Waals surface area contributed by atoms with E-state index in [0.29, 0.717) is 0 Å². The first-order valence-electron chi connectivity index (χ1n) is 7.16. The number of methoxy groups -OCH3 is 1. The van der Waals surface area contributed by atoms with Gasteiger partial charge in [0.15, 0.2) is 0 Å². The number of rotatable bonds is 6. The van der Waals surface area contributed by atoms with E-state index in [1.165, 1.54) is 12.1 Å². The molecule has 0 aliphatic carbocycles. The van der Waals surface area contributed by atoms with Crippen LogP contribution in [0, 0.1) is 0 Å². The second kappa shape index (κ2) is 7.47. The van der Waals surface area contributed by atoms with E-state index in [0.717, 1.165) is 15.8 Å². The van der Waals surface area contributed by atoms with Gasteiger partial charge in [-0.15, -0.1) is 0 Å². The zero-order valence-corrected chi connectivity index (χ0v) is 15.6. The summed E-state index contributed by atoms with van der Waals surface area (Å²) in [6, 6.07) is 13.9. The predicted molar refractivity (Wildman–Crippen MR) is 93.3 cm³/mol. The molecule has 0 amide bonds. The lowest BCUT2D eigenvalue weighted by Crippen LogP contribution is -2.21. The molecule has 2 rings (SSSR count). The van der Waals surface area contributed by atoms with Crippen molar-refractivity contribution >= 4 is 26.0 Å².